The van der Waals surface area contributed by atoms with Gasteiger partial charge in [-0.15, -0.1) is 0 Å². The second-order valence-electron chi connectivity index (χ2n) is 10.7. The number of likely N-dealkylation sites (tertiary alicyclic amines) is 1. The lowest BCUT2D eigenvalue weighted by molar-refractivity contribution is -0.137. The fraction of sp³-hybridized carbons (Fsp3) is 0.290. The van der Waals surface area contributed by atoms with Crippen molar-refractivity contribution in [1.82, 2.24) is 24.8 Å². The molecule has 2 amide bonds. The van der Waals surface area contributed by atoms with E-state index in [-0.39, 0.29) is 29.5 Å². The molecule has 5 rings (SSSR count). The number of nitrogens with one attached hydrogen (secondary N) is 3. The number of fused-ring (bicyclic) bond motifs is 1. The Bertz CT molecular complexity index is 1630. The summed E-state index contributed by atoms with van der Waals surface area (Å²) in [6.45, 7) is 1.52. The molecule has 3 heterocycles. The number of piperidine rings is 1. The Morgan fingerprint density at radius 3 is 2.65 bits per heavy atom. The molecule has 0 radical (unpaired) electrons. The Morgan fingerprint density at radius 1 is 1.14 bits per heavy atom. The zero-order valence-electron chi connectivity index (χ0n) is 23.8. The van der Waals surface area contributed by atoms with Crippen LogP contribution in [-0.2, 0) is 11.0 Å². The normalized spacial score (nSPS) is 15.8. The van der Waals surface area contributed by atoms with E-state index < -0.39 is 11.7 Å². The van der Waals surface area contributed by atoms with E-state index in [0.29, 0.717) is 60.2 Å². The Morgan fingerprint density at radius 2 is 1.91 bits per heavy atom. The summed E-state index contributed by atoms with van der Waals surface area (Å²) in [6.07, 6.45) is 2.30. The first kappa shape index (κ1) is 29.8. The standard InChI is InChI=1S/C31H32F3N7O2/c1-40(2)15-6-10-27(42)37-21-13-11-20(12-14-21)29(43)41-16-5-7-22(19-41)38-30-36-18-25(31(32,33)34)28(39-30)24-17-35-26-9-4-3-8-23(24)26/h3-4,6,8-14,17-18,22,35H,5,7,15-16,19H2,1-2H3,(H,37,42)(H,36,38,39)/b10-6+/t22-/m1/s1. The number of carbonyl (C=O) groups is 2. The summed E-state index contributed by atoms with van der Waals surface area (Å²) in [4.78, 5) is 40.3. The van der Waals surface area contributed by atoms with Gasteiger partial charge < -0.3 is 25.4 Å². The van der Waals surface area contributed by atoms with E-state index in [0.717, 1.165) is 6.20 Å². The molecule has 3 N–H and O–H groups in total. The monoisotopic (exact) mass is 591 g/mol. The van der Waals surface area contributed by atoms with Crippen molar-refractivity contribution in [3.05, 3.63) is 84.2 Å². The van der Waals surface area contributed by atoms with Crippen molar-refractivity contribution < 1.29 is 22.8 Å². The van der Waals surface area contributed by atoms with Crippen LogP contribution in [-0.4, -0.2) is 76.3 Å². The molecule has 9 nitrogen and oxygen atoms in total. The van der Waals surface area contributed by atoms with E-state index in [9.17, 15) is 22.8 Å². The maximum atomic E-state index is 13.9. The summed E-state index contributed by atoms with van der Waals surface area (Å²) in [5, 5.41) is 6.54. The molecular formula is C31H32F3N7O2. The number of carbonyl (C=O) groups excluding carboxylic acids is 2. The minimum atomic E-state index is -4.64. The predicted octanol–water partition coefficient (Wildman–Crippen LogP) is 5.42. The highest BCUT2D eigenvalue weighted by Crippen LogP contribution is 2.38. The molecule has 43 heavy (non-hydrogen) atoms. The highest BCUT2D eigenvalue weighted by Gasteiger charge is 2.36. The zero-order valence-corrected chi connectivity index (χ0v) is 23.8. The summed E-state index contributed by atoms with van der Waals surface area (Å²) >= 11 is 0. The van der Waals surface area contributed by atoms with Gasteiger partial charge in [-0.25, -0.2) is 9.97 Å². The Hall–Kier alpha value is -4.71. The molecule has 0 unspecified atom stereocenters. The van der Waals surface area contributed by atoms with Gasteiger partial charge >= 0.3 is 6.18 Å². The highest BCUT2D eigenvalue weighted by atomic mass is 19.4. The van der Waals surface area contributed by atoms with E-state index in [4.69, 9.17) is 0 Å². The molecule has 0 bridgehead atoms. The van der Waals surface area contributed by atoms with E-state index >= 15 is 0 Å². The zero-order chi connectivity index (χ0) is 30.6. The number of halogens is 3. The van der Waals surface area contributed by atoms with Gasteiger partial charge in [0.1, 0.15) is 5.56 Å². The summed E-state index contributed by atoms with van der Waals surface area (Å²) < 4.78 is 41.7. The first-order chi connectivity index (χ1) is 20.6. The molecule has 2 aromatic carbocycles. The Balaban J connectivity index is 1.27. The van der Waals surface area contributed by atoms with Crippen LogP contribution in [0.1, 0.15) is 28.8 Å². The number of rotatable bonds is 8. The summed E-state index contributed by atoms with van der Waals surface area (Å²) in [5.74, 6) is -0.375. The van der Waals surface area contributed by atoms with Crippen molar-refractivity contribution in [3.8, 4) is 11.3 Å². The van der Waals surface area contributed by atoms with Crippen LogP contribution in [0.15, 0.2) is 73.1 Å². The first-order valence-corrected chi connectivity index (χ1v) is 13.9. The fourth-order valence-electron chi connectivity index (χ4n) is 5.03. The third-order valence-electron chi connectivity index (χ3n) is 7.12. The van der Waals surface area contributed by atoms with Gasteiger partial charge in [0.25, 0.3) is 5.91 Å². The van der Waals surface area contributed by atoms with Crippen molar-refractivity contribution in [2.24, 2.45) is 0 Å². The molecule has 1 saturated heterocycles. The maximum Gasteiger partial charge on any atom is 0.419 e. The number of nitrogens with zero attached hydrogens (tertiary/aromatic N) is 4. The van der Waals surface area contributed by atoms with Crippen molar-refractivity contribution in [1.29, 1.82) is 0 Å². The number of benzene rings is 2. The van der Waals surface area contributed by atoms with Gasteiger partial charge in [0.2, 0.25) is 11.9 Å². The smallest absolute Gasteiger partial charge is 0.360 e. The number of H-pyrrole nitrogens is 1. The number of likely N-dealkylation sites (N-methyl/N-ethyl adjacent to an activating group) is 1. The fourth-order valence-corrected chi connectivity index (χ4v) is 5.03. The molecule has 1 atom stereocenters. The number of hydrogen-bond donors (Lipinski definition) is 3. The van der Waals surface area contributed by atoms with Crippen LogP contribution in [0.3, 0.4) is 0 Å². The number of hydrogen-bond acceptors (Lipinski definition) is 6. The second-order valence-corrected chi connectivity index (χ2v) is 10.7. The minimum absolute atomic E-state index is 0.0623. The molecule has 0 aliphatic carbocycles. The molecule has 0 saturated carbocycles. The molecule has 1 aliphatic rings. The van der Waals surface area contributed by atoms with Crippen molar-refractivity contribution in [2.75, 3.05) is 44.4 Å². The van der Waals surface area contributed by atoms with E-state index in [1.807, 2.05) is 19.0 Å². The number of para-hydroxylation sites is 1. The maximum absolute atomic E-state index is 13.9. The summed E-state index contributed by atoms with van der Waals surface area (Å²) in [6, 6.07) is 13.5. The third-order valence-corrected chi connectivity index (χ3v) is 7.12. The van der Waals surface area contributed by atoms with Gasteiger partial charge in [-0.3, -0.25) is 9.59 Å². The number of anilines is 2. The van der Waals surface area contributed by atoms with E-state index in [1.54, 1.807) is 59.5 Å². The topological polar surface area (TPSA) is 106 Å². The lowest BCUT2D eigenvalue weighted by atomic mass is 10.0. The van der Waals surface area contributed by atoms with Crippen LogP contribution in [0.5, 0.6) is 0 Å². The molecule has 2 aromatic heterocycles. The van der Waals surface area contributed by atoms with Gasteiger partial charge in [-0.05, 0) is 57.3 Å². The van der Waals surface area contributed by atoms with Crippen molar-refractivity contribution in [3.63, 3.8) is 0 Å². The molecular weight excluding hydrogens is 559 g/mol. The molecule has 0 spiro atoms. The minimum Gasteiger partial charge on any atom is -0.360 e. The average Bonchev–Trinajstić information content (AvgIpc) is 3.41. The number of aromatic nitrogens is 3. The summed E-state index contributed by atoms with van der Waals surface area (Å²) in [5.41, 5.74) is 0.929. The average molecular weight is 592 g/mol. The predicted molar refractivity (Wildman–Crippen MR) is 160 cm³/mol. The number of amides is 2. The van der Waals surface area contributed by atoms with E-state index in [1.165, 1.54) is 12.3 Å². The van der Waals surface area contributed by atoms with Gasteiger partial charge in [-0.2, -0.15) is 13.2 Å². The number of aromatic amines is 1. The molecule has 4 aromatic rings. The third kappa shape index (κ3) is 7.20. The van der Waals surface area contributed by atoms with Crippen LogP contribution in [0.4, 0.5) is 24.8 Å². The van der Waals surface area contributed by atoms with Crippen molar-refractivity contribution in [2.45, 2.75) is 25.1 Å². The first-order valence-electron chi connectivity index (χ1n) is 13.9. The van der Waals surface area contributed by atoms with Gasteiger partial charge in [0.05, 0.1) is 5.69 Å². The van der Waals surface area contributed by atoms with Crippen LogP contribution in [0.25, 0.3) is 22.2 Å². The Labute approximate surface area is 246 Å². The van der Waals surface area contributed by atoms with Crippen LogP contribution in [0, 0.1) is 0 Å². The number of alkyl halides is 3. The van der Waals surface area contributed by atoms with Crippen LogP contribution < -0.4 is 10.6 Å². The SMILES string of the molecule is CN(C)C/C=C/C(=O)Nc1ccc(C(=O)N2CCC[C@@H](Nc3ncc(C(F)(F)F)c(-c4c[nH]c5ccccc45)n3)C2)cc1. The second kappa shape index (κ2) is 12.7. The molecule has 1 fully saturated rings. The molecule has 1 aliphatic heterocycles. The van der Waals surface area contributed by atoms with Gasteiger partial charge in [0, 0.05) is 71.9 Å². The van der Waals surface area contributed by atoms with Gasteiger partial charge in [0.15, 0.2) is 0 Å². The molecule has 12 heteroatoms. The van der Waals surface area contributed by atoms with Crippen LogP contribution >= 0.6 is 0 Å². The Kier molecular flexibility index (Phi) is 8.76. The highest BCUT2D eigenvalue weighted by molar-refractivity contribution is 6.00. The van der Waals surface area contributed by atoms with E-state index in [2.05, 4.69) is 25.6 Å². The van der Waals surface area contributed by atoms with Crippen molar-refractivity contribution >= 4 is 34.4 Å². The summed E-state index contributed by atoms with van der Waals surface area (Å²) in [7, 11) is 3.81. The largest absolute Gasteiger partial charge is 0.419 e. The van der Waals surface area contributed by atoms with Gasteiger partial charge in [-0.1, -0.05) is 24.3 Å². The lowest BCUT2D eigenvalue weighted by Gasteiger charge is -2.33. The molecule has 224 valence electrons. The van der Waals surface area contributed by atoms with Crippen LogP contribution in [0.2, 0.25) is 0 Å². The quantitative estimate of drug-likeness (QED) is 0.237. The lowest BCUT2D eigenvalue weighted by Crippen LogP contribution is -2.45.